The Hall–Kier alpha value is -2.40. The first-order chi connectivity index (χ1) is 10.7. The zero-order valence-electron chi connectivity index (χ0n) is 12.3. The number of nitrogens with one attached hydrogen (secondary N) is 2. The highest BCUT2D eigenvalue weighted by Crippen LogP contribution is 2.11. The Morgan fingerprint density at radius 2 is 1.73 bits per heavy atom. The fourth-order valence-corrected chi connectivity index (χ4v) is 2.11. The summed E-state index contributed by atoms with van der Waals surface area (Å²) in [5, 5.41) is 6.03. The number of rotatable bonds is 5. The second-order valence-electron chi connectivity index (χ2n) is 4.74. The van der Waals surface area contributed by atoms with Gasteiger partial charge in [0.1, 0.15) is 5.75 Å². The average molecular weight is 314 g/mol. The number of hydrogen-bond acceptors (Lipinski definition) is 3. The van der Waals surface area contributed by atoms with Crippen LogP contribution in [0.2, 0.25) is 0 Å². The van der Waals surface area contributed by atoms with Crippen LogP contribution in [0.15, 0.2) is 54.6 Å². The summed E-state index contributed by atoms with van der Waals surface area (Å²) in [4.78, 5) is 11.9. The summed E-state index contributed by atoms with van der Waals surface area (Å²) in [5.41, 5.74) is 2.01. The lowest BCUT2D eigenvalue weighted by Crippen LogP contribution is -2.39. The Kier molecular flexibility index (Phi) is 5.91. The number of carbonyl (C=O) groups excluding carboxylic acids is 1. The van der Waals surface area contributed by atoms with Crippen molar-refractivity contribution >= 4 is 23.2 Å². The first kappa shape index (κ1) is 16.0. The molecule has 2 N–H and O–H groups in total. The van der Waals surface area contributed by atoms with E-state index in [4.69, 9.17) is 17.0 Å². The number of carbonyl (C=O) groups is 1. The molecule has 0 radical (unpaired) electrons. The van der Waals surface area contributed by atoms with Crippen molar-refractivity contribution in [2.45, 2.75) is 13.0 Å². The number of thiocarbonyl (C=S) groups is 1. The molecule has 1 amide bonds. The number of methoxy groups -OCH3 is 1. The van der Waals surface area contributed by atoms with Crippen molar-refractivity contribution < 1.29 is 9.53 Å². The Bertz CT molecular complexity index is 627. The molecule has 0 heterocycles. The third-order valence-corrected chi connectivity index (χ3v) is 3.32. The molecule has 0 aromatic heterocycles. The van der Waals surface area contributed by atoms with Crippen LogP contribution in [0.5, 0.6) is 5.75 Å². The molecule has 4 nitrogen and oxygen atoms in total. The van der Waals surface area contributed by atoms with Crippen molar-refractivity contribution in [2.75, 3.05) is 7.11 Å². The molecule has 0 unspecified atom stereocenters. The van der Waals surface area contributed by atoms with Crippen LogP contribution in [0.4, 0.5) is 0 Å². The van der Waals surface area contributed by atoms with Crippen LogP contribution < -0.4 is 15.4 Å². The summed E-state index contributed by atoms with van der Waals surface area (Å²) in [6.07, 6.45) is 0.275. The van der Waals surface area contributed by atoms with Crippen LogP contribution >= 0.6 is 12.2 Å². The second kappa shape index (κ2) is 8.14. The van der Waals surface area contributed by atoms with Gasteiger partial charge in [-0.25, -0.2) is 0 Å². The molecule has 0 saturated heterocycles. The van der Waals surface area contributed by atoms with Gasteiger partial charge in [0.05, 0.1) is 13.5 Å². The molecule has 0 aliphatic carbocycles. The zero-order valence-corrected chi connectivity index (χ0v) is 13.2. The molecule has 0 saturated carbocycles. The normalized spacial score (nSPS) is 9.86. The SMILES string of the molecule is COc1ccc(CC(=O)NC(=S)NCc2ccccc2)cc1. The molecular formula is C17H18N2O2S. The van der Waals surface area contributed by atoms with Crippen LogP contribution in [0.25, 0.3) is 0 Å². The van der Waals surface area contributed by atoms with Crippen LogP contribution in [-0.2, 0) is 17.8 Å². The molecule has 114 valence electrons. The lowest BCUT2D eigenvalue weighted by atomic mass is 10.1. The van der Waals surface area contributed by atoms with Crippen molar-refractivity contribution in [3.63, 3.8) is 0 Å². The Balaban J connectivity index is 1.77. The summed E-state index contributed by atoms with van der Waals surface area (Å²) in [6.45, 7) is 0.586. The molecular weight excluding hydrogens is 296 g/mol. The van der Waals surface area contributed by atoms with Crippen LogP contribution in [0, 0.1) is 0 Å². The fourth-order valence-electron chi connectivity index (χ4n) is 1.92. The van der Waals surface area contributed by atoms with Gasteiger partial charge in [-0.2, -0.15) is 0 Å². The van der Waals surface area contributed by atoms with Gasteiger partial charge in [0.25, 0.3) is 0 Å². The van der Waals surface area contributed by atoms with Crippen molar-refractivity contribution in [3.8, 4) is 5.75 Å². The first-order valence-corrected chi connectivity index (χ1v) is 7.33. The zero-order chi connectivity index (χ0) is 15.8. The van der Waals surface area contributed by atoms with E-state index in [0.717, 1.165) is 16.9 Å². The molecule has 0 bridgehead atoms. The minimum absolute atomic E-state index is 0.143. The third kappa shape index (κ3) is 5.18. The Morgan fingerprint density at radius 1 is 1.05 bits per heavy atom. The Labute approximate surface area is 135 Å². The summed E-state index contributed by atoms with van der Waals surface area (Å²) in [7, 11) is 1.61. The van der Waals surface area contributed by atoms with Gasteiger partial charge in [-0.1, -0.05) is 42.5 Å². The monoisotopic (exact) mass is 314 g/mol. The van der Waals surface area contributed by atoms with E-state index in [1.54, 1.807) is 7.11 Å². The molecule has 2 aromatic rings. The molecule has 0 aliphatic rings. The van der Waals surface area contributed by atoms with Crippen molar-refractivity contribution in [1.29, 1.82) is 0 Å². The maximum atomic E-state index is 11.9. The van der Waals surface area contributed by atoms with Crippen LogP contribution in [0.1, 0.15) is 11.1 Å². The lowest BCUT2D eigenvalue weighted by Gasteiger charge is -2.10. The summed E-state index contributed by atoms with van der Waals surface area (Å²) < 4.78 is 5.08. The molecule has 2 aromatic carbocycles. The van der Waals surface area contributed by atoms with Gasteiger partial charge in [-0.15, -0.1) is 0 Å². The second-order valence-corrected chi connectivity index (χ2v) is 5.15. The summed E-state index contributed by atoms with van der Waals surface area (Å²) >= 11 is 5.12. The van der Waals surface area contributed by atoms with E-state index in [2.05, 4.69) is 10.6 Å². The van der Waals surface area contributed by atoms with Gasteiger partial charge < -0.3 is 15.4 Å². The lowest BCUT2D eigenvalue weighted by molar-refractivity contribution is -0.119. The molecule has 0 atom stereocenters. The molecule has 2 rings (SSSR count). The van der Waals surface area contributed by atoms with Gasteiger partial charge in [0, 0.05) is 6.54 Å². The van der Waals surface area contributed by atoms with Gasteiger partial charge in [-0.3, -0.25) is 4.79 Å². The third-order valence-electron chi connectivity index (χ3n) is 3.07. The Morgan fingerprint density at radius 3 is 2.36 bits per heavy atom. The highest BCUT2D eigenvalue weighted by atomic mass is 32.1. The topological polar surface area (TPSA) is 50.4 Å². The number of benzene rings is 2. The van der Waals surface area contributed by atoms with E-state index < -0.39 is 0 Å². The minimum atomic E-state index is -0.143. The van der Waals surface area contributed by atoms with E-state index >= 15 is 0 Å². The molecule has 5 heteroatoms. The van der Waals surface area contributed by atoms with Gasteiger partial charge in [0.2, 0.25) is 5.91 Å². The maximum Gasteiger partial charge on any atom is 0.230 e. The molecule has 22 heavy (non-hydrogen) atoms. The van der Waals surface area contributed by atoms with Crippen molar-refractivity contribution in [2.24, 2.45) is 0 Å². The smallest absolute Gasteiger partial charge is 0.230 e. The van der Waals surface area contributed by atoms with Gasteiger partial charge >= 0.3 is 0 Å². The molecule has 0 fully saturated rings. The van der Waals surface area contributed by atoms with Crippen molar-refractivity contribution in [3.05, 3.63) is 65.7 Å². The predicted octanol–water partition coefficient (Wildman–Crippen LogP) is 2.43. The van der Waals surface area contributed by atoms with Gasteiger partial charge in [-0.05, 0) is 35.5 Å². The minimum Gasteiger partial charge on any atom is -0.497 e. The van der Waals surface area contributed by atoms with E-state index in [-0.39, 0.29) is 12.3 Å². The number of ether oxygens (including phenoxy) is 1. The number of amides is 1. The van der Waals surface area contributed by atoms with Crippen LogP contribution in [-0.4, -0.2) is 18.1 Å². The standard InChI is InChI=1S/C17H18N2O2S/c1-21-15-9-7-13(8-10-15)11-16(20)19-17(22)18-12-14-5-3-2-4-6-14/h2-10H,11-12H2,1H3,(H2,18,19,20,22). The van der Waals surface area contributed by atoms with Gasteiger partial charge in [0.15, 0.2) is 5.11 Å². The maximum absolute atomic E-state index is 11.9. The van der Waals surface area contributed by atoms with Crippen molar-refractivity contribution in [1.82, 2.24) is 10.6 Å². The highest BCUT2D eigenvalue weighted by Gasteiger charge is 2.06. The van der Waals surface area contributed by atoms with E-state index in [9.17, 15) is 4.79 Å². The molecule has 0 aliphatic heterocycles. The number of hydrogen-bond donors (Lipinski definition) is 2. The fraction of sp³-hybridized carbons (Fsp3) is 0.176. The van der Waals surface area contributed by atoms with E-state index in [0.29, 0.717) is 11.7 Å². The largest absolute Gasteiger partial charge is 0.497 e. The van der Waals surface area contributed by atoms with E-state index in [1.165, 1.54) is 0 Å². The summed E-state index contributed by atoms with van der Waals surface area (Å²) in [6, 6.07) is 17.2. The van der Waals surface area contributed by atoms with Crippen LogP contribution in [0.3, 0.4) is 0 Å². The quantitative estimate of drug-likeness (QED) is 0.832. The average Bonchev–Trinajstić information content (AvgIpc) is 2.54. The predicted molar refractivity (Wildman–Crippen MR) is 90.7 cm³/mol. The first-order valence-electron chi connectivity index (χ1n) is 6.92. The molecule has 0 spiro atoms. The highest BCUT2D eigenvalue weighted by molar-refractivity contribution is 7.80. The van der Waals surface area contributed by atoms with E-state index in [1.807, 2.05) is 54.6 Å². The summed E-state index contributed by atoms with van der Waals surface area (Å²) in [5.74, 6) is 0.625.